The lowest BCUT2D eigenvalue weighted by molar-refractivity contribution is 0.102. The van der Waals surface area contributed by atoms with E-state index in [1.807, 2.05) is 0 Å². The molecule has 0 unspecified atom stereocenters. The molecule has 0 fully saturated rings. The van der Waals surface area contributed by atoms with Crippen LogP contribution in [0.4, 0.5) is 10.1 Å². The van der Waals surface area contributed by atoms with E-state index in [0.717, 1.165) is 6.07 Å². The van der Waals surface area contributed by atoms with Gasteiger partial charge in [-0.05, 0) is 60.7 Å². The number of fused-ring (bicyclic) bond motifs is 1. The second-order valence-corrected chi connectivity index (χ2v) is 7.75. The number of aromatic nitrogens is 2. The molecule has 1 heterocycles. The molecule has 0 saturated heterocycles. The topological polar surface area (TPSA) is 85.4 Å². The van der Waals surface area contributed by atoms with Crippen molar-refractivity contribution in [3.05, 3.63) is 86.1 Å². The van der Waals surface area contributed by atoms with Gasteiger partial charge in [-0.15, -0.1) is 0 Å². The van der Waals surface area contributed by atoms with Gasteiger partial charge in [-0.1, -0.05) is 11.6 Å². The molecular formula is C23H17ClFN3O4S. The predicted octanol–water partition coefficient (Wildman–Crippen LogP) is 5.11. The first-order valence-corrected chi connectivity index (χ1v) is 10.4. The fourth-order valence-electron chi connectivity index (χ4n) is 3.33. The van der Waals surface area contributed by atoms with Gasteiger partial charge in [0.15, 0.2) is 16.3 Å². The maximum absolute atomic E-state index is 13.3. The van der Waals surface area contributed by atoms with E-state index in [1.54, 1.807) is 18.2 Å². The van der Waals surface area contributed by atoms with Crippen LogP contribution in [-0.4, -0.2) is 29.7 Å². The minimum atomic E-state index is -0.585. The van der Waals surface area contributed by atoms with Crippen molar-refractivity contribution in [1.29, 1.82) is 0 Å². The van der Waals surface area contributed by atoms with E-state index in [9.17, 15) is 14.0 Å². The number of aromatic amines is 1. The van der Waals surface area contributed by atoms with Gasteiger partial charge < -0.3 is 19.8 Å². The minimum absolute atomic E-state index is 0.105. The zero-order valence-corrected chi connectivity index (χ0v) is 19.0. The lowest BCUT2D eigenvalue weighted by atomic mass is 10.1. The van der Waals surface area contributed by atoms with Crippen LogP contribution >= 0.6 is 23.8 Å². The second-order valence-electron chi connectivity index (χ2n) is 6.95. The quantitative estimate of drug-likeness (QED) is 0.384. The van der Waals surface area contributed by atoms with Crippen molar-refractivity contribution in [1.82, 2.24) is 9.55 Å². The van der Waals surface area contributed by atoms with E-state index in [2.05, 4.69) is 10.3 Å². The van der Waals surface area contributed by atoms with Gasteiger partial charge in [0.1, 0.15) is 5.82 Å². The molecular weight excluding hydrogens is 469 g/mol. The van der Waals surface area contributed by atoms with Gasteiger partial charge in [-0.25, -0.2) is 4.39 Å². The number of rotatable bonds is 5. The summed E-state index contributed by atoms with van der Waals surface area (Å²) in [6.45, 7) is 0. The van der Waals surface area contributed by atoms with Crippen LogP contribution in [0.2, 0.25) is 5.02 Å². The number of halogens is 2. The molecule has 2 N–H and O–H groups in total. The Bertz CT molecular complexity index is 1520. The number of anilines is 1. The zero-order valence-electron chi connectivity index (χ0n) is 17.4. The molecule has 3 aromatic carbocycles. The van der Waals surface area contributed by atoms with Crippen molar-refractivity contribution in [2.24, 2.45) is 0 Å². The average Bonchev–Trinajstić information content (AvgIpc) is 2.80. The molecule has 4 aromatic rings. The van der Waals surface area contributed by atoms with Crippen LogP contribution in [0.15, 0.2) is 59.4 Å². The minimum Gasteiger partial charge on any atom is -0.493 e. The van der Waals surface area contributed by atoms with Gasteiger partial charge in [0, 0.05) is 17.3 Å². The third-order valence-electron chi connectivity index (χ3n) is 4.96. The third-order valence-corrected chi connectivity index (χ3v) is 5.54. The molecule has 1 amide bonds. The number of H-pyrrole nitrogens is 1. The number of amides is 1. The molecule has 1 aromatic heterocycles. The highest BCUT2D eigenvalue weighted by Crippen LogP contribution is 2.29. The van der Waals surface area contributed by atoms with E-state index in [-0.39, 0.29) is 20.9 Å². The second kappa shape index (κ2) is 9.05. The van der Waals surface area contributed by atoms with Crippen LogP contribution < -0.4 is 20.3 Å². The fourth-order valence-corrected chi connectivity index (χ4v) is 3.81. The summed E-state index contributed by atoms with van der Waals surface area (Å²) >= 11 is 11.2. The molecule has 0 spiro atoms. The molecule has 168 valence electrons. The van der Waals surface area contributed by atoms with Gasteiger partial charge >= 0.3 is 0 Å². The van der Waals surface area contributed by atoms with Gasteiger partial charge in [0.05, 0.1) is 35.8 Å². The number of carbonyl (C=O) groups excluding carboxylic acids is 1. The van der Waals surface area contributed by atoms with E-state index in [0.29, 0.717) is 33.8 Å². The monoisotopic (exact) mass is 485 g/mol. The van der Waals surface area contributed by atoms with Crippen LogP contribution in [-0.2, 0) is 0 Å². The van der Waals surface area contributed by atoms with Crippen LogP contribution in [0.25, 0.3) is 16.6 Å². The number of hydrogen-bond donors (Lipinski definition) is 2. The smallest absolute Gasteiger partial charge is 0.266 e. The van der Waals surface area contributed by atoms with E-state index < -0.39 is 11.7 Å². The number of methoxy groups -OCH3 is 2. The Morgan fingerprint density at radius 2 is 1.82 bits per heavy atom. The Morgan fingerprint density at radius 1 is 1.06 bits per heavy atom. The molecule has 0 aliphatic carbocycles. The summed E-state index contributed by atoms with van der Waals surface area (Å²) in [7, 11) is 3.02. The van der Waals surface area contributed by atoms with E-state index in [4.69, 9.17) is 33.3 Å². The van der Waals surface area contributed by atoms with Crippen LogP contribution in [0.3, 0.4) is 0 Å². The lowest BCUT2D eigenvalue weighted by Crippen LogP contribution is -2.21. The van der Waals surface area contributed by atoms with Gasteiger partial charge in [-0.2, -0.15) is 0 Å². The normalized spacial score (nSPS) is 10.8. The summed E-state index contributed by atoms with van der Waals surface area (Å²) in [4.78, 5) is 28.8. The summed E-state index contributed by atoms with van der Waals surface area (Å²) in [6.07, 6.45) is 0. The zero-order chi connectivity index (χ0) is 23.7. The molecule has 0 aliphatic rings. The fraction of sp³-hybridized carbons (Fsp3) is 0.0870. The predicted molar refractivity (Wildman–Crippen MR) is 127 cm³/mol. The standard InChI is InChI=1S/C23H17ClFN3O4S/c1-31-19-8-5-14(11-20(19)32-2)28-22(30)15-6-3-12(9-18(15)27-23(28)33)21(29)26-13-4-7-17(25)16(24)10-13/h3-11H,1-2H3,(H,26,29)(H,27,33). The molecule has 10 heteroatoms. The van der Waals surface area contributed by atoms with Crippen LogP contribution in [0.5, 0.6) is 11.5 Å². The molecule has 0 saturated carbocycles. The van der Waals surface area contributed by atoms with Crippen molar-refractivity contribution in [3.63, 3.8) is 0 Å². The highest BCUT2D eigenvalue weighted by Gasteiger charge is 2.14. The summed E-state index contributed by atoms with van der Waals surface area (Å²) in [6, 6.07) is 13.4. The Morgan fingerprint density at radius 3 is 2.52 bits per heavy atom. The molecule has 0 atom stereocenters. The first-order valence-electron chi connectivity index (χ1n) is 9.60. The maximum atomic E-state index is 13.3. The summed E-state index contributed by atoms with van der Waals surface area (Å²) in [5, 5.41) is 2.87. The molecule has 0 radical (unpaired) electrons. The van der Waals surface area contributed by atoms with Crippen molar-refractivity contribution in [3.8, 4) is 17.2 Å². The highest BCUT2D eigenvalue weighted by atomic mass is 35.5. The lowest BCUT2D eigenvalue weighted by Gasteiger charge is -2.12. The van der Waals surface area contributed by atoms with Gasteiger partial charge in [-0.3, -0.25) is 14.2 Å². The van der Waals surface area contributed by atoms with Crippen molar-refractivity contribution in [2.45, 2.75) is 0 Å². The Hall–Kier alpha value is -3.69. The Balaban J connectivity index is 1.73. The number of nitrogens with one attached hydrogen (secondary N) is 2. The Labute approximate surface area is 197 Å². The summed E-state index contributed by atoms with van der Waals surface area (Å²) in [5.74, 6) is -0.0749. The van der Waals surface area contributed by atoms with E-state index >= 15 is 0 Å². The average molecular weight is 486 g/mol. The van der Waals surface area contributed by atoms with Crippen molar-refractivity contribution < 1.29 is 18.7 Å². The van der Waals surface area contributed by atoms with Crippen LogP contribution in [0, 0.1) is 10.6 Å². The first kappa shape index (κ1) is 22.5. The SMILES string of the molecule is COc1ccc(-n2c(=S)[nH]c3cc(C(=O)Nc4ccc(F)c(Cl)c4)ccc3c2=O)cc1OC. The number of hydrogen-bond acceptors (Lipinski definition) is 5. The first-order chi connectivity index (χ1) is 15.8. The van der Waals surface area contributed by atoms with Crippen molar-refractivity contribution in [2.75, 3.05) is 19.5 Å². The highest BCUT2D eigenvalue weighted by molar-refractivity contribution is 7.71. The Kier molecular flexibility index (Phi) is 6.17. The van der Waals surface area contributed by atoms with Crippen molar-refractivity contribution >= 4 is 46.3 Å². The van der Waals surface area contributed by atoms with Crippen LogP contribution in [0.1, 0.15) is 10.4 Å². The van der Waals surface area contributed by atoms with Gasteiger partial charge in [0.25, 0.3) is 11.5 Å². The molecule has 7 nitrogen and oxygen atoms in total. The van der Waals surface area contributed by atoms with Gasteiger partial charge in [0.2, 0.25) is 0 Å². The number of ether oxygens (including phenoxy) is 2. The molecule has 0 aliphatic heterocycles. The molecule has 0 bridgehead atoms. The molecule has 4 rings (SSSR count). The number of carbonyl (C=O) groups is 1. The summed E-state index contributed by atoms with van der Waals surface area (Å²) in [5.41, 5.74) is 1.14. The van der Waals surface area contributed by atoms with E-state index in [1.165, 1.54) is 49.1 Å². The third kappa shape index (κ3) is 4.33. The summed E-state index contributed by atoms with van der Waals surface area (Å²) < 4.78 is 25.4. The molecule has 33 heavy (non-hydrogen) atoms. The largest absolute Gasteiger partial charge is 0.493 e. The number of benzene rings is 3. The maximum Gasteiger partial charge on any atom is 0.266 e. The number of nitrogens with zero attached hydrogens (tertiary/aromatic N) is 1.